The van der Waals surface area contributed by atoms with Gasteiger partial charge in [-0.1, -0.05) is 18.2 Å². The maximum Gasteiger partial charge on any atom is 0.410 e. The molecule has 0 bridgehead atoms. The summed E-state index contributed by atoms with van der Waals surface area (Å²) in [6.45, 7) is 1.17. The van der Waals surface area contributed by atoms with Gasteiger partial charge >= 0.3 is 6.09 Å². The molecule has 0 aromatic heterocycles. The van der Waals surface area contributed by atoms with Gasteiger partial charge in [-0.25, -0.2) is 10.3 Å². The van der Waals surface area contributed by atoms with E-state index in [0.29, 0.717) is 13.2 Å². The van der Waals surface area contributed by atoms with E-state index >= 15 is 0 Å². The zero-order valence-corrected chi connectivity index (χ0v) is 11.4. The summed E-state index contributed by atoms with van der Waals surface area (Å²) in [6, 6.07) is 6.11. The van der Waals surface area contributed by atoms with E-state index in [-0.39, 0.29) is 12.1 Å². The van der Waals surface area contributed by atoms with Gasteiger partial charge in [0.2, 0.25) is 0 Å². The molecule has 20 heavy (non-hydrogen) atoms. The van der Waals surface area contributed by atoms with Crippen LogP contribution in [0.4, 0.5) is 4.79 Å². The van der Waals surface area contributed by atoms with Crippen molar-refractivity contribution in [1.82, 2.24) is 10.4 Å². The van der Waals surface area contributed by atoms with Crippen molar-refractivity contribution in [3.05, 3.63) is 34.9 Å². The molecule has 1 fully saturated rings. The lowest BCUT2D eigenvalue weighted by molar-refractivity contribution is 0.147. The Morgan fingerprint density at radius 2 is 2.30 bits per heavy atom. The lowest BCUT2D eigenvalue weighted by Gasteiger charge is -2.22. The molecule has 3 N–H and O–H groups in total. The van der Waals surface area contributed by atoms with E-state index in [0.717, 1.165) is 18.4 Å². The second kappa shape index (κ2) is 6.49. The van der Waals surface area contributed by atoms with Gasteiger partial charge in [-0.05, 0) is 29.5 Å². The van der Waals surface area contributed by atoms with Crippen molar-refractivity contribution in [2.75, 3.05) is 20.2 Å². The lowest BCUT2D eigenvalue weighted by atomic mass is 10.0. The molecule has 1 amide bonds. The number of hydrogen-bond acceptors (Lipinski definition) is 5. The second-order valence-corrected chi connectivity index (χ2v) is 4.65. The van der Waals surface area contributed by atoms with Crippen molar-refractivity contribution in [2.24, 2.45) is 0 Å². The highest BCUT2D eigenvalue weighted by molar-refractivity contribution is 5.80. The number of carbonyl (C=O) groups excluding carboxylic acids is 1. The van der Waals surface area contributed by atoms with Crippen molar-refractivity contribution in [3.8, 4) is 0 Å². The fourth-order valence-electron chi connectivity index (χ4n) is 2.81. The molecule has 1 aliphatic heterocycles. The SMILES string of the molecule is CNO.N=Cc1cccc2c1CCC2N1CCOC1=O. The van der Waals surface area contributed by atoms with Gasteiger partial charge < -0.3 is 15.4 Å². The summed E-state index contributed by atoms with van der Waals surface area (Å²) in [5.74, 6) is 0. The number of carbonyl (C=O) groups is 1. The van der Waals surface area contributed by atoms with Crippen molar-refractivity contribution in [3.63, 3.8) is 0 Å². The van der Waals surface area contributed by atoms with Crippen LogP contribution in [0.1, 0.15) is 29.2 Å². The molecule has 1 atom stereocenters. The molecule has 1 aliphatic carbocycles. The molecular formula is C14H19N3O3. The van der Waals surface area contributed by atoms with E-state index in [1.807, 2.05) is 12.1 Å². The van der Waals surface area contributed by atoms with E-state index in [4.69, 9.17) is 15.4 Å². The number of hydroxylamine groups is 1. The predicted octanol–water partition coefficient (Wildman–Crippen LogP) is 1.72. The quantitative estimate of drug-likeness (QED) is 0.567. The Morgan fingerprint density at radius 1 is 1.55 bits per heavy atom. The van der Waals surface area contributed by atoms with Gasteiger partial charge in [0.15, 0.2) is 0 Å². The molecule has 2 aliphatic rings. The first-order valence-electron chi connectivity index (χ1n) is 6.59. The molecule has 1 heterocycles. The molecule has 1 saturated heterocycles. The zero-order chi connectivity index (χ0) is 14.5. The van der Waals surface area contributed by atoms with Crippen molar-refractivity contribution in [1.29, 1.82) is 5.41 Å². The molecule has 6 heteroatoms. The highest BCUT2D eigenvalue weighted by atomic mass is 16.6. The Balaban J connectivity index is 0.000000452. The molecule has 108 valence electrons. The fraction of sp³-hybridized carbons (Fsp3) is 0.429. The Bertz CT molecular complexity index is 504. The first-order chi connectivity index (χ1) is 9.72. The van der Waals surface area contributed by atoms with Gasteiger partial charge in [-0.2, -0.15) is 0 Å². The minimum absolute atomic E-state index is 0.139. The van der Waals surface area contributed by atoms with E-state index in [2.05, 4.69) is 6.07 Å². The number of fused-ring (bicyclic) bond motifs is 1. The highest BCUT2D eigenvalue weighted by Gasteiger charge is 2.35. The van der Waals surface area contributed by atoms with E-state index in [1.165, 1.54) is 24.4 Å². The Labute approximate surface area is 117 Å². The summed E-state index contributed by atoms with van der Waals surface area (Å²) in [5, 5.41) is 14.7. The first-order valence-corrected chi connectivity index (χ1v) is 6.59. The van der Waals surface area contributed by atoms with Crippen molar-refractivity contribution >= 4 is 12.3 Å². The molecule has 0 radical (unpaired) electrons. The van der Waals surface area contributed by atoms with Crippen LogP contribution in [0.3, 0.4) is 0 Å². The maximum atomic E-state index is 11.6. The number of amides is 1. The minimum Gasteiger partial charge on any atom is -0.448 e. The molecule has 0 spiro atoms. The summed E-state index contributed by atoms with van der Waals surface area (Å²) in [6.07, 6.45) is 3.07. The average molecular weight is 277 g/mol. The summed E-state index contributed by atoms with van der Waals surface area (Å²) < 4.78 is 4.99. The van der Waals surface area contributed by atoms with Crippen LogP contribution < -0.4 is 5.48 Å². The zero-order valence-electron chi connectivity index (χ0n) is 11.4. The number of benzene rings is 1. The van der Waals surface area contributed by atoms with E-state index in [9.17, 15) is 4.79 Å². The normalized spacial score (nSPS) is 20.0. The van der Waals surface area contributed by atoms with Gasteiger partial charge in [-0.3, -0.25) is 4.90 Å². The number of hydrogen-bond donors (Lipinski definition) is 3. The summed E-state index contributed by atoms with van der Waals surface area (Å²) >= 11 is 0. The van der Waals surface area contributed by atoms with Crippen molar-refractivity contribution in [2.45, 2.75) is 18.9 Å². The third-order valence-electron chi connectivity index (χ3n) is 3.60. The molecule has 0 saturated carbocycles. The fourth-order valence-corrected chi connectivity index (χ4v) is 2.81. The van der Waals surface area contributed by atoms with Crippen LogP contribution in [0.25, 0.3) is 0 Å². The Kier molecular flexibility index (Phi) is 4.70. The number of cyclic esters (lactones) is 1. The standard InChI is InChI=1S/C13H14N2O2.CH5NO/c14-8-9-2-1-3-11-10(9)4-5-12(11)15-6-7-17-13(15)16;1-2-3/h1-3,8,12,14H,4-7H2;2-3H,1H3. The monoisotopic (exact) mass is 277 g/mol. The molecule has 1 aromatic carbocycles. The van der Waals surface area contributed by atoms with Crippen LogP contribution >= 0.6 is 0 Å². The second-order valence-electron chi connectivity index (χ2n) is 4.65. The van der Waals surface area contributed by atoms with Crippen LogP contribution in [-0.2, 0) is 11.2 Å². The minimum atomic E-state index is -0.205. The van der Waals surface area contributed by atoms with Crippen LogP contribution in [0, 0.1) is 5.41 Å². The van der Waals surface area contributed by atoms with Gasteiger partial charge in [0.05, 0.1) is 12.6 Å². The third kappa shape index (κ3) is 2.66. The molecule has 1 aromatic rings. The summed E-state index contributed by atoms with van der Waals surface area (Å²) in [4.78, 5) is 13.4. The molecule has 1 unspecified atom stereocenters. The van der Waals surface area contributed by atoms with Gasteiger partial charge in [0, 0.05) is 13.3 Å². The predicted molar refractivity (Wildman–Crippen MR) is 74.3 cm³/mol. The van der Waals surface area contributed by atoms with Crippen LogP contribution in [0.15, 0.2) is 18.2 Å². The maximum absolute atomic E-state index is 11.6. The smallest absolute Gasteiger partial charge is 0.410 e. The molecular weight excluding hydrogens is 258 g/mol. The lowest BCUT2D eigenvalue weighted by Crippen LogP contribution is -2.28. The average Bonchev–Trinajstić information content (AvgIpc) is 3.05. The van der Waals surface area contributed by atoms with Gasteiger partial charge in [0.25, 0.3) is 0 Å². The van der Waals surface area contributed by atoms with Crippen molar-refractivity contribution < 1.29 is 14.7 Å². The first kappa shape index (κ1) is 14.5. The Morgan fingerprint density at radius 3 is 2.90 bits per heavy atom. The number of nitrogens with zero attached hydrogens (tertiary/aromatic N) is 1. The third-order valence-corrected chi connectivity index (χ3v) is 3.60. The van der Waals surface area contributed by atoms with Crippen LogP contribution in [0.2, 0.25) is 0 Å². The van der Waals surface area contributed by atoms with E-state index in [1.54, 1.807) is 10.4 Å². The molecule has 6 nitrogen and oxygen atoms in total. The number of ether oxygens (including phenoxy) is 1. The number of nitrogens with one attached hydrogen (secondary N) is 2. The van der Waals surface area contributed by atoms with E-state index < -0.39 is 0 Å². The van der Waals surface area contributed by atoms with Gasteiger partial charge in [0.1, 0.15) is 6.61 Å². The van der Waals surface area contributed by atoms with Crippen LogP contribution in [-0.4, -0.2) is 42.6 Å². The summed E-state index contributed by atoms with van der Waals surface area (Å²) in [5.41, 5.74) is 5.12. The Hall–Kier alpha value is -1.92. The largest absolute Gasteiger partial charge is 0.448 e. The highest BCUT2D eigenvalue weighted by Crippen LogP contribution is 2.38. The van der Waals surface area contributed by atoms with Crippen LogP contribution in [0.5, 0.6) is 0 Å². The molecule has 3 rings (SSSR count). The summed E-state index contributed by atoms with van der Waals surface area (Å²) in [7, 11) is 1.43. The number of rotatable bonds is 2. The topological polar surface area (TPSA) is 85.7 Å². The van der Waals surface area contributed by atoms with Gasteiger partial charge in [-0.15, -0.1) is 0 Å².